The molecule has 2 rings (SSSR count). The molecule has 6 nitrogen and oxygen atoms in total. The molecule has 0 spiro atoms. The molecule has 0 N–H and O–H groups in total. The number of pyridine rings is 1. The summed E-state index contributed by atoms with van der Waals surface area (Å²) in [6, 6.07) is 3.75. The molecule has 2 aromatic heterocycles. The number of aryl methyl sites for hydroxylation is 1. The third-order valence-electron chi connectivity index (χ3n) is 2.97. The number of hydrogen-bond donors (Lipinski definition) is 0. The molecule has 0 unspecified atom stereocenters. The van der Waals surface area contributed by atoms with Gasteiger partial charge in [0.15, 0.2) is 0 Å². The van der Waals surface area contributed by atoms with Crippen LogP contribution in [0, 0.1) is 6.92 Å². The number of esters is 1. The van der Waals surface area contributed by atoms with Crippen LogP contribution in [0.25, 0.3) is 11.5 Å². The summed E-state index contributed by atoms with van der Waals surface area (Å²) in [5.74, 6) is 0.194. The van der Waals surface area contributed by atoms with Gasteiger partial charge >= 0.3 is 5.97 Å². The van der Waals surface area contributed by atoms with Crippen LogP contribution in [0.1, 0.15) is 32.2 Å². The lowest BCUT2D eigenvalue weighted by Gasteiger charge is -2.16. The zero-order valence-corrected chi connectivity index (χ0v) is 12.0. The summed E-state index contributed by atoms with van der Waals surface area (Å²) in [6.07, 6.45) is 1.66. The van der Waals surface area contributed by atoms with Gasteiger partial charge in [0.05, 0.1) is 6.61 Å². The molecule has 0 saturated carbocycles. The summed E-state index contributed by atoms with van der Waals surface area (Å²) in [5.41, 5.74) is 0.597. The first-order valence-corrected chi connectivity index (χ1v) is 6.40. The molecular weight excluding hydrogens is 258 g/mol. The average Bonchev–Trinajstić information content (AvgIpc) is 2.89. The van der Waals surface area contributed by atoms with Crippen molar-refractivity contribution in [2.24, 2.45) is 0 Å². The summed E-state index contributed by atoms with van der Waals surface area (Å²) < 4.78 is 10.2. The van der Waals surface area contributed by atoms with Gasteiger partial charge in [-0.25, -0.2) is 0 Å². The fourth-order valence-electron chi connectivity index (χ4n) is 1.69. The van der Waals surface area contributed by atoms with Gasteiger partial charge in [-0.3, -0.25) is 9.78 Å². The topological polar surface area (TPSA) is 78.1 Å². The number of carbonyl (C=O) groups is 1. The van der Waals surface area contributed by atoms with Gasteiger partial charge < -0.3 is 9.26 Å². The summed E-state index contributed by atoms with van der Waals surface area (Å²) in [4.78, 5) is 20.4. The lowest BCUT2D eigenvalue weighted by molar-refractivity contribution is -0.149. The monoisotopic (exact) mass is 275 g/mol. The van der Waals surface area contributed by atoms with E-state index in [2.05, 4.69) is 15.1 Å². The maximum Gasteiger partial charge on any atom is 0.321 e. The summed E-state index contributed by atoms with van der Waals surface area (Å²) in [6.45, 7) is 7.35. The van der Waals surface area contributed by atoms with Gasteiger partial charge in [-0.15, -0.1) is 0 Å². The Kier molecular flexibility index (Phi) is 3.83. The quantitative estimate of drug-likeness (QED) is 0.796. The normalized spacial score (nSPS) is 11.4. The van der Waals surface area contributed by atoms with Crippen molar-refractivity contribution in [3.05, 3.63) is 29.8 Å². The van der Waals surface area contributed by atoms with E-state index in [-0.39, 0.29) is 5.89 Å². The van der Waals surface area contributed by atoms with Crippen LogP contribution in [-0.2, 0) is 14.9 Å². The molecule has 0 atom stereocenters. The molecule has 106 valence electrons. The Labute approximate surface area is 117 Å². The van der Waals surface area contributed by atoms with Crippen LogP contribution in [-0.4, -0.2) is 27.7 Å². The summed E-state index contributed by atoms with van der Waals surface area (Å²) in [7, 11) is 0. The molecule has 0 bridgehead atoms. The van der Waals surface area contributed by atoms with E-state index in [1.807, 2.05) is 19.1 Å². The molecule has 0 aromatic carbocycles. The van der Waals surface area contributed by atoms with Crippen LogP contribution in [0.5, 0.6) is 0 Å². The fraction of sp³-hybridized carbons (Fsp3) is 0.429. The first-order valence-electron chi connectivity index (χ1n) is 6.40. The maximum absolute atomic E-state index is 11.9. The molecule has 6 heteroatoms. The van der Waals surface area contributed by atoms with Crippen molar-refractivity contribution in [1.82, 2.24) is 15.1 Å². The second kappa shape index (κ2) is 5.40. The highest BCUT2D eigenvalue weighted by Crippen LogP contribution is 2.26. The molecular formula is C14H17N3O3. The highest BCUT2D eigenvalue weighted by atomic mass is 16.5. The third kappa shape index (κ3) is 2.54. The molecule has 20 heavy (non-hydrogen) atoms. The summed E-state index contributed by atoms with van der Waals surface area (Å²) in [5, 5.41) is 3.90. The van der Waals surface area contributed by atoms with Gasteiger partial charge in [0.25, 0.3) is 0 Å². The number of ether oxygens (including phenoxy) is 1. The molecule has 2 heterocycles. The van der Waals surface area contributed by atoms with Crippen LogP contribution in [0.15, 0.2) is 22.9 Å². The van der Waals surface area contributed by atoms with Crippen molar-refractivity contribution in [3.8, 4) is 11.5 Å². The standard InChI is InChI=1S/C14H17N3O3/c1-5-19-13(18)14(3,4)12-16-11(17-20-12)10-9(2)7-6-8-15-10/h6-8H,5H2,1-4H3. The highest BCUT2D eigenvalue weighted by molar-refractivity contribution is 5.80. The maximum atomic E-state index is 11.9. The van der Waals surface area contributed by atoms with Crippen molar-refractivity contribution < 1.29 is 14.1 Å². The third-order valence-corrected chi connectivity index (χ3v) is 2.97. The number of rotatable bonds is 4. The van der Waals surface area contributed by atoms with Crippen molar-refractivity contribution in [2.45, 2.75) is 33.1 Å². The van der Waals surface area contributed by atoms with Crippen LogP contribution in [0.3, 0.4) is 0 Å². The van der Waals surface area contributed by atoms with E-state index in [1.165, 1.54) is 0 Å². The van der Waals surface area contributed by atoms with Crippen molar-refractivity contribution in [2.75, 3.05) is 6.61 Å². The Morgan fingerprint density at radius 3 is 2.85 bits per heavy atom. The SMILES string of the molecule is CCOC(=O)C(C)(C)c1nc(-c2ncccc2C)no1. The minimum Gasteiger partial charge on any atom is -0.465 e. The number of nitrogens with zero attached hydrogens (tertiary/aromatic N) is 3. The van der Waals surface area contributed by atoms with Gasteiger partial charge in [-0.1, -0.05) is 11.2 Å². The van der Waals surface area contributed by atoms with Gasteiger partial charge in [-0.2, -0.15) is 4.98 Å². The minimum atomic E-state index is -0.982. The average molecular weight is 275 g/mol. The second-order valence-electron chi connectivity index (χ2n) is 4.94. The smallest absolute Gasteiger partial charge is 0.321 e. The van der Waals surface area contributed by atoms with Gasteiger partial charge in [-0.05, 0) is 39.3 Å². The fourth-order valence-corrected chi connectivity index (χ4v) is 1.69. The van der Waals surface area contributed by atoms with E-state index in [4.69, 9.17) is 9.26 Å². The first-order chi connectivity index (χ1) is 9.46. The van der Waals surface area contributed by atoms with Gasteiger partial charge in [0.1, 0.15) is 11.1 Å². The number of aromatic nitrogens is 3. The predicted molar refractivity (Wildman–Crippen MR) is 71.9 cm³/mol. The Bertz CT molecular complexity index is 620. The van der Waals surface area contributed by atoms with Gasteiger partial charge in [0, 0.05) is 6.20 Å². The van der Waals surface area contributed by atoms with Crippen molar-refractivity contribution in [3.63, 3.8) is 0 Å². The van der Waals surface area contributed by atoms with Crippen LogP contribution < -0.4 is 0 Å². The molecule has 0 aliphatic carbocycles. The van der Waals surface area contributed by atoms with E-state index < -0.39 is 11.4 Å². The van der Waals surface area contributed by atoms with Crippen LogP contribution in [0.2, 0.25) is 0 Å². The van der Waals surface area contributed by atoms with E-state index in [1.54, 1.807) is 27.0 Å². The lowest BCUT2D eigenvalue weighted by atomic mass is 9.94. The van der Waals surface area contributed by atoms with Gasteiger partial charge in [0.2, 0.25) is 11.7 Å². The van der Waals surface area contributed by atoms with Crippen molar-refractivity contribution in [1.29, 1.82) is 0 Å². The zero-order chi connectivity index (χ0) is 14.8. The first kappa shape index (κ1) is 14.2. The number of carbonyl (C=O) groups excluding carboxylic acids is 1. The predicted octanol–water partition coefficient (Wildman–Crippen LogP) is 2.28. The van der Waals surface area contributed by atoms with E-state index in [0.29, 0.717) is 18.1 Å². The molecule has 0 amide bonds. The molecule has 0 fully saturated rings. The Morgan fingerprint density at radius 2 is 2.20 bits per heavy atom. The molecule has 0 radical (unpaired) electrons. The van der Waals surface area contributed by atoms with Crippen LogP contribution >= 0.6 is 0 Å². The van der Waals surface area contributed by atoms with E-state index in [9.17, 15) is 4.79 Å². The van der Waals surface area contributed by atoms with Crippen LogP contribution in [0.4, 0.5) is 0 Å². The number of hydrogen-bond acceptors (Lipinski definition) is 6. The molecule has 2 aromatic rings. The Morgan fingerprint density at radius 1 is 1.45 bits per heavy atom. The Hall–Kier alpha value is -2.24. The minimum absolute atomic E-state index is 0.219. The molecule has 0 saturated heterocycles. The highest BCUT2D eigenvalue weighted by Gasteiger charge is 2.37. The largest absolute Gasteiger partial charge is 0.465 e. The Balaban J connectivity index is 2.34. The van der Waals surface area contributed by atoms with E-state index >= 15 is 0 Å². The lowest BCUT2D eigenvalue weighted by Crippen LogP contribution is -2.31. The van der Waals surface area contributed by atoms with E-state index in [0.717, 1.165) is 5.56 Å². The molecule has 0 aliphatic heterocycles. The molecule has 0 aliphatic rings. The summed E-state index contributed by atoms with van der Waals surface area (Å²) >= 11 is 0. The van der Waals surface area contributed by atoms with Crippen molar-refractivity contribution >= 4 is 5.97 Å². The second-order valence-corrected chi connectivity index (χ2v) is 4.94. The zero-order valence-electron chi connectivity index (χ0n) is 12.0.